The normalized spacial score (nSPS) is 16.1. The van der Waals surface area contributed by atoms with E-state index in [9.17, 15) is 13.2 Å². The molecule has 1 aliphatic rings. The lowest BCUT2D eigenvalue weighted by Crippen LogP contribution is -2.29. The number of hydrogen-bond donors (Lipinski definition) is 1. The van der Waals surface area contributed by atoms with Crippen molar-refractivity contribution in [2.75, 3.05) is 6.54 Å². The van der Waals surface area contributed by atoms with E-state index in [-0.39, 0.29) is 10.8 Å². The molecule has 0 heterocycles. The van der Waals surface area contributed by atoms with Gasteiger partial charge in [-0.25, -0.2) is 8.42 Å². The first-order valence-corrected chi connectivity index (χ1v) is 9.58. The van der Waals surface area contributed by atoms with Gasteiger partial charge >= 0.3 is 0 Å². The molecule has 4 nitrogen and oxygen atoms in total. The maximum Gasteiger partial charge on any atom is 0.261 e. The number of amides is 1. The number of rotatable bonds is 5. The molecule has 1 saturated carbocycles. The van der Waals surface area contributed by atoms with Gasteiger partial charge in [0.1, 0.15) is 0 Å². The van der Waals surface area contributed by atoms with Crippen LogP contribution in [0.3, 0.4) is 0 Å². The molecule has 2 rings (SSSR count). The van der Waals surface area contributed by atoms with E-state index >= 15 is 0 Å². The molecule has 0 aromatic heterocycles. The molecular weight excluding hydrogens is 310 g/mol. The van der Waals surface area contributed by atoms with Gasteiger partial charge in [-0.2, -0.15) is 0 Å². The first kappa shape index (κ1) is 16.3. The van der Waals surface area contributed by atoms with Crippen LogP contribution in [-0.4, -0.2) is 20.9 Å². The summed E-state index contributed by atoms with van der Waals surface area (Å²) in [6.45, 7) is 2.58. The molecule has 1 aromatic rings. The van der Waals surface area contributed by atoms with Gasteiger partial charge in [0.2, 0.25) is 0 Å². The van der Waals surface area contributed by atoms with Crippen molar-refractivity contribution in [3.05, 3.63) is 29.3 Å². The van der Waals surface area contributed by atoms with Crippen molar-refractivity contribution in [3.63, 3.8) is 0 Å². The number of carbonyl (C=O) groups excluding carboxylic acids is 1. The summed E-state index contributed by atoms with van der Waals surface area (Å²) in [5, 5.41) is 2.92. The average molecular weight is 330 g/mol. The standard InChI is InChI=1S/C15H20ClNO3S/c1-2-12-7-8-13(21(16,19)20)9-14(12)15(18)17-10-11-5-3-4-6-11/h7-9,11H,2-6,10H2,1H3,(H,17,18). The molecule has 1 fully saturated rings. The van der Waals surface area contributed by atoms with E-state index in [4.69, 9.17) is 10.7 Å². The quantitative estimate of drug-likeness (QED) is 0.844. The lowest BCUT2D eigenvalue weighted by atomic mass is 10.0. The molecule has 0 aliphatic heterocycles. The fourth-order valence-corrected chi connectivity index (χ4v) is 3.55. The molecule has 0 radical (unpaired) electrons. The Balaban J connectivity index is 2.17. The lowest BCUT2D eigenvalue weighted by molar-refractivity contribution is 0.0946. The van der Waals surface area contributed by atoms with Crippen molar-refractivity contribution in [2.45, 2.75) is 43.9 Å². The second-order valence-corrected chi connectivity index (χ2v) is 8.04. The number of halogens is 1. The minimum absolute atomic E-state index is 0.0348. The SMILES string of the molecule is CCc1ccc(S(=O)(=O)Cl)cc1C(=O)NCC1CCCC1. The Morgan fingerprint density at radius 2 is 2.00 bits per heavy atom. The maximum atomic E-state index is 12.3. The Bertz CT molecular complexity index is 622. The lowest BCUT2D eigenvalue weighted by Gasteiger charge is -2.13. The van der Waals surface area contributed by atoms with Gasteiger partial charge in [0, 0.05) is 22.8 Å². The maximum absolute atomic E-state index is 12.3. The molecule has 1 aliphatic carbocycles. The third kappa shape index (κ3) is 4.20. The fraction of sp³-hybridized carbons (Fsp3) is 0.533. The van der Waals surface area contributed by atoms with Crippen molar-refractivity contribution >= 4 is 25.6 Å². The summed E-state index contributed by atoms with van der Waals surface area (Å²) >= 11 is 0. The summed E-state index contributed by atoms with van der Waals surface area (Å²) < 4.78 is 22.8. The molecule has 6 heteroatoms. The second kappa shape index (κ2) is 6.79. The summed E-state index contributed by atoms with van der Waals surface area (Å²) in [4.78, 5) is 12.3. The minimum Gasteiger partial charge on any atom is -0.352 e. The fourth-order valence-electron chi connectivity index (χ4n) is 2.77. The summed E-state index contributed by atoms with van der Waals surface area (Å²) in [5.41, 5.74) is 1.22. The van der Waals surface area contributed by atoms with Crippen LogP contribution < -0.4 is 5.32 Å². The highest BCUT2D eigenvalue weighted by atomic mass is 35.7. The van der Waals surface area contributed by atoms with E-state index in [1.54, 1.807) is 6.07 Å². The highest BCUT2D eigenvalue weighted by Gasteiger charge is 2.19. The molecule has 1 N–H and O–H groups in total. The van der Waals surface area contributed by atoms with Gasteiger partial charge in [0.05, 0.1) is 4.90 Å². The van der Waals surface area contributed by atoms with E-state index in [0.29, 0.717) is 24.4 Å². The molecule has 0 bridgehead atoms. The Morgan fingerprint density at radius 1 is 1.33 bits per heavy atom. The van der Waals surface area contributed by atoms with Gasteiger partial charge in [-0.05, 0) is 42.9 Å². The third-order valence-electron chi connectivity index (χ3n) is 4.01. The van der Waals surface area contributed by atoms with Gasteiger partial charge in [-0.1, -0.05) is 25.8 Å². The van der Waals surface area contributed by atoms with E-state index in [0.717, 1.165) is 18.4 Å². The van der Waals surface area contributed by atoms with Crippen LogP contribution >= 0.6 is 10.7 Å². The molecule has 21 heavy (non-hydrogen) atoms. The van der Waals surface area contributed by atoms with Crippen molar-refractivity contribution in [3.8, 4) is 0 Å². The van der Waals surface area contributed by atoms with Crippen LogP contribution in [0.1, 0.15) is 48.5 Å². The molecule has 116 valence electrons. The van der Waals surface area contributed by atoms with Crippen LogP contribution in [0.5, 0.6) is 0 Å². The van der Waals surface area contributed by atoms with Gasteiger partial charge in [0.15, 0.2) is 0 Å². The summed E-state index contributed by atoms with van der Waals surface area (Å²) in [6, 6.07) is 4.46. The molecule has 0 atom stereocenters. The van der Waals surface area contributed by atoms with Crippen LogP contribution in [0.2, 0.25) is 0 Å². The average Bonchev–Trinajstić information content (AvgIpc) is 2.96. The van der Waals surface area contributed by atoms with Crippen LogP contribution in [0, 0.1) is 5.92 Å². The first-order valence-electron chi connectivity index (χ1n) is 7.27. The number of carbonyl (C=O) groups is 1. The molecule has 0 spiro atoms. The Labute approximate surface area is 130 Å². The molecule has 1 amide bonds. The highest BCUT2D eigenvalue weighted by Crippen LogP contribution is 2.24. The number of benzene rings is 1. The zero-order valence-electron chi connectivity index (χ0n) is 12.1. The van der Waals surface area contributed by atoms with Crippen LogP contribution in [0.4, 0.5) is 0 Å². The summed E-state index contributed by atoms with van der Waals surface area (Å²) in [6.07, 6.45) is 5.41. The third-order valence-corrected chi connectivity index (χ3v) is 5.37. The molecule has 0 unspecified atom stereocenters. The summed E-state index contributed by atoms with van der Waals surface area (Å²) in [7, 11) is 1.53. The predicted octanol–water partition coefficient (Wildman–Crippen LogP) is 3.10. The predicted molar refractivity (Wildman–Crippen MR) is 83.2 cm³/mol. The largest absolute Gasteiger partial charge is 0.352 e. The van der Waals surface area contributed by atoms with E-state index in [1.807, 2.05) is 6.92 Å². The Kier molecular flexibility index (Phi) is 5.27. The highest BCUT2D eigenvalue weighted by molar-refractivity contribution is 8.13. The number of hydrogen-bond acceptors (Lipinski definition) is 3. The zero-order valence-corrected chi connectivity index (χ0v) is 13.6. The second-order valence-electron chi connectivity index (χ2n) is 5.47. The number of nitrogens with one attached hydrogen (secondary N) is 1. The molecule has 0 saturated heterocycles. The van der Waals surface area contributed by atoms with Crippen LogP contribution in [0.15, 0.2) is 23.1 Å². The summed E-state index contributed by atoms with van der Waals surface area (Å²) in [5.74, 6) is 0.319. The van der Waals surface area contributed by atoms with Crippen molar-refractivity contribution in [1.82, 2.24) is 5.32 Å². The van der Waals surface area contributed by atoms with E-state index in [2.05, 4.69) is 5.32 Å². The Hall–Kier alpha value is -1.07. The molecular formula is C15H20ClNO3S. The van der Waals surface area contributed by atoms with E-state index in [1.165, 1.54) is 25.0 Å². The topological polar surface area (TPSA) is 63.2 Å². The van der Waals surface area contributed by atoms with Gasteiger partial charge in [-0.15, -0.1) is 0 Å². The van der Waals surface area contributed by atoms with Crippen LogP contribution in [0.25, 0.3) is 0 Å². The van der Waals surface area contributed by atoms with Gasteiger partial charge < -0.3 is 5.32 Å². The van der Waals surface area contributed by atoms with Gasteiger partial charge in [-0.3, -0.25) is 4.79 Å². The zero-order chi connectivity index (χ0) is 15.5. The molecule has 1 aromatic carbocycles. The van der Waals surface area contributed by atoms with Crippen molar-refractivity contribution < 1.29 is 13.2 Å². The number of aryl methyl sites for hydroxylation is 1. The van der Waals surface area contributed by atoms with Crippen molar-refractivity contribution in [1.29, 1.82) is 0 Å². The first-order chi connectivity index (χ1) is 9.91. The monoisotopic (exact) mass is 329 g/mol. The van der Waals surface area contributed by atoms with Crippen LogP contribution in [-0.2, 0) is 15.5 Å². The minimum atomic E-state index is -3.82. The van der Waals surface area contributed by atoms with Gasteiger partial charge in [0.25, 0.3) is 15.0 Å². The van der Waals surface area contributed by atoms with E-state index < -0.39 is 9.05 Å². The smallest absolute Gasteiger partial charge is 0.261 e. The van der Waals surface area contributed by atoms with Crippen molar-refractivity contribution in [2.24, 2.45) is 5.92 Å². The Morgan fingerprint density at radius 3 is 2.57 bits per heavy atom.